The molecule has 0 atom stereocenters. The van der Waals surface area contributed by atoms with Crippen LogP contribution in [0.25, 0.3) is 10.8 Å². The summed E-state index contributed by atoms with van der Waals surface area (Å²) >= 11 is 6.60. The van der Waals surface area contributed by atoms with Crippen molar-refractivity contribution in [1.29, 1.82) is 0 Å². The third-order valence-electron chi connectivity index (χ3n) is 4.23. The van der Waals surface area contributed by atoms with Crippen molar-refractivity contribution >= 4 is 60.5 Å². The summed E-state index contributed by atoms with van der Waals surface area (Å²) in [5, 5.41) is 1.23. The first-order chi connectivity index (χ1) is 14.8. The maximum absolute atomic E-state index is 11.7. The van der Waals surface area contributed by atoms with Crippen molar-refractivity contribution in [2.24, 2.45) is 0 Å². The molecule has 0 N–H and O–H groups in total. The van der Waals surface area contributed by atoms with Crippen molar-refractivity contribution in [3.63, 3.8) is 0 Å². The van der Waals surface area contributed by atoms with Crippen LogP contribution < -0.4 is 5.63 Å². The lowest BCUT2D eigenvalue weighted by Crippen LogP contribution is -2.22. The second-order valence-electron chi connectivity index (χ2n) is 6.45. The molecule has 1 aromatic heterocycles. The summed E-state index contributed by atoms with van der Waals surface area (Å²) in [6, 6.07) is 12.1. The van der Waals surface area contributed by atoms with Crippen molar-refractivity contribution in [2.75, 3.05) is 6.61 Å². The second-order valence-corrected chi connectivity index (χ2v) is 8.28. The summed E-state index contributed by atoms with van der Waals surface area (Å²) in [4.78, 5) is 45.1. The van der Waals surface area contributed by atoms with Gasteiger partial charge in [0.15, 0.2) is 0 Å². The number of benzene rings is 2. The van der Waals surface area contributed by atoms with Crippen molar-refractivity contribution in [3.05, 3.63) is 78.7 Å². The molecular formula is C22H16Br2O7. The Labute approximate surface area is 193 Å². The fourth-order valence-electron chi connectivity index (χ4n) is 2.91. The van der Waals surface area contributed by atoms with Gasteiger partial charge in [-0.05, 0) is 60.3 Å². The first-order valence-corrected chi connectivity index (χ1v) is 10.8. The molecule has 0 unspecified atom stereocenters. The number of fused-ring (bicyclic) bond motifs is 2. The maximum atomic E-state index is 11.7. The average molecular weight is 552 g/mol. The third-order valence-corrected chi connectivity index (χ3v) is 5.21. The van der Waals surface area contributed by atoms with Crippen molar-refractivity contribution in [3.8, 4) is 0 Å². The molecule has 31 heavy (non-hydrogen) atoms. The van der Waals surface area contributed by atoms with Crippen LogP contribution in [0.1, 0.15) is 28.6 Å². The van der Waals surface area contributed by atoms with Gasteiger partial charge in [-0.25, -0.2) is 9.59 Å². The zero-order valence-electron chi connectivity index (χ0n) is 16.3. The lowest BCUT2D eigenvalue weighted by atomic mass is 10.0. The number of hydrogen-bond acceptors (Lipinski definition) is 7. The second kappa shape index (κ2) is 10.0. The highest BCUT2D eigenvalue weighted by atomic mass is 79.9. The largest absolute Gasteiger partial charge is 0.466 e. The van der Waals surface area contributed by atoms with Crippen molar-refractivity contribution < 1.29 is 28.3 Å². The van der Waals surface area contributed by atoms with Crippen LogP contribution in [0.5, 0.6) is 0 Å². The van der Waals surface area contributed by atoms with E-state index in [1.807, 2.05) is 0 Å². The van der Waals surface area contributed by atoms with E-state index in [0.717, 1.165) is 19.9 Å². The number of hydrogen-bond donors (Lipinski definition) is 0. The van der Waals surface area contributed by atoms with Gasteiger partial charge in [-0.2, -0.15) is 0 Å². The predicted molar refractivity (Wildman–Crippen MR) is 119 cm³/mol. The summed E-state index contributed by atoms with van der Waals surface area (Å²) in [6.45, 7) is 2.04. The summed E-state index contributed by atoms with van der Waals surface area (Å²) in [7, 11) is 0. The Bertz CT molecular complexity index is 1230. The Kier molecular flexibility index (Phi) is 7.40. The molecule has 2 aromatic carbocycles. The summed E-state index contributed by atoms with van der Waals surface area (Å²) in [6.07, 6.45) is 0.131. The molecular weight excluding hydrogens is 536 g/mol. The number of carbonyl (C=O) groups excluding carboxylic acids is 3. The SMILES string of the molecule is CCOC(=O)Cc1cc2cc(Br)ccc2c(=O)o1.O=C1Cc2cc(Br)ccc2C(=O)O1. The monoisotopic (exact) mass is 550 g/mol. The molecule has 0 radical (unpaired) electrons. The predicted octanol–water partition coefficient (Wildman–Crippen LogP) is 4.35. The van der Waals surface area contributed by atoms with Gasteiger partial charge < -0.3 is 13.9 Å². The fourth-order valence-corrected chi connectivity index (χ4v) is 3.70. The Balaban J connectivity index is 0.000000185. The number of carbonyl (C=O) groups is 3. The van der Waals surface area contributed by atoms with Gasteiger partial charge in [0.05, 0.1) is 24.0 Å². The van der Waals surface area contributed by atoms with Gasteiger partial charge >= 0.3 is 23.5 Å². The summed E-state index contributed by atoms with van der Waals surface area (Å²) in [5.41, 5.74) is 0.748. The summed E-state index contributed by atoms with van der Waals surface area (Å²) < 4.78 is 16.1. The third kappa shape index (κ3) is 5.89. The van der Waals surface area contributed by atoms with Crippen LogP contribution in [0, 0.1) is 0 Å². The average Bonchev–Trinajstić information content (AvgIpc) is 2.67. The summed E-state index contributed by atoms with van der Waals surface area (Å²) in [5.74, 6) is -1.15. The van der Waals surface area contributed by atoms with Crippen LogP contribution in [-0.2, 0) is 31.9 Å². The molecule has 3 aromatic rings. The van der Waals surface area contributed by atoms with E-state index in [2.05, 4.69) is 36.6 Å². The molecule has 0 saturated carbocycles. The standard InChI is InChI=1S/C13H11BrO4.C9H5BrO3/c1-2-17-12(15)7-10-6-8-5-9(14)3-4-11(8)13(16)18-10;10-6-1-2-7-5(3-6)4-8(11)13-9(7)12/h3-6H,2,7H2,1H3;1-3H,4H2. The zero-order valence-corrected chi connectivity index (χ0v) is 19.4. The molecule has 1 aliphatic heterocycles. The molecule has 2 heterocycles. The minimum atomic E-state index is -0.557. The molecule has 7 nitrogen and oxygen atoms in total. The molecule has 0 saturated heterocycles. The highest BCUT2D eigenvalue weighted by Gasteiger charge is 2.24. The highest BCUT2D eigenvalue weighted by Crippen LogP contribution is 2.22. The van der Waals surface area contributed by atoms with Gasteiger partial charge in [0.2, 0.25) is 0 Å². The number of ether oxygens (including phenoxy) is 2. The smallest absolute Gasteiger partial charge is 0.346 e. The van der Waals surface area contributed by atoms with Crippen LogP contribution in [-0.4, -0.2) is 24.5 Å². The zero-order chi connectivity index (χ0) is 22.5. The number of cyclic esters (lactones) is 2. The Hall–Kier alpha value is -2.78. The molecule has 9 heteroatoms. The Morgan fingerprint density at radius 2 is 1.74 bits per heavy atom. The molecule has 0 spiro atoms. The quantitative estimate of drug-likeness (QED) is 0.352. The van der Waals surface area contributed by atoms with Gasteiger partial charge in [0.25, 0.3) is 0 Å². The van der Waals surface area contributed by atoms with E-state index in [4.69, 9.17) is 9.15 Å². The lowest BCUT2D eigenvalue weighted by Gasteiger charge is -2.13. The minimum absolute atomic E-state index is 0.0362. The topological polar surface area (TPSA) is 99.9 Å². The molecule has 160 valence electrons. The van der Waals surface area contributed by atoms with E-state index >= 15 is 0 Å². The molecule has 0 amide bonds. The van der Waals surface area contributed by atoms with E-state index in [9.17, 15) is 19.2 Å². The molecule has 1 aliphatic rings. The lowest BCUT2D eigenvalue weighted by molar-refractivity contribution is -0.142. The van der Waals surface area contributed by atoms with Crippen molar-refractivity contribution in [2.45, 2.75) is 19.8 Å². The number of halogens is 2. The maximum Gasteiger partial charge on any atom is 0.346 e. The first-order valence-electron chi connectivity index (χ1n) is 9.18. The normalized spacial score (nSPS) is 12.5. The number of esters is 3. The van der Waals surface area contributed by atoms with Gasteiger partial charge in [0, 0.05) is 8.95 Å². The van der Waals surface area contributed by atoms with Crippen LogP contribution in [0.15, 0.2) is 60.6 Å². The van der Waals surface area contributed by atoms with Gasteiger partial charge in [-0.15, -0.1) is 0 Å². The molecule has 0 bridgehead atoms. The van der Waals surface area contributed by atoms with Crippen LogP contribution in [0.4, 0.5) is 0 Å². The molecule has 0 aliphatic carbocycles. The first kappa shape index (κ1) is 22.9. The Morgan fingerprint density at radius 3 is 2.48 bits per heavy atom. The van der Waals surface area contributed by atoms with Gasteiger partial charge in [-0.3, -0.25) is 9.59 Å². The van der Waals surface area contributed by atoms with Crippen LogP contribution in [0.2, 0.25) is 0 Å². The van der Waals surface area contributed by atoms with Crippen molar-refractivity contribution in [1.82, 2.24) is 0 Å². The van der Waals surface area contributed by atoms with E-state index in [-0.39, 0.29) is 12.8 Å². The van der Waals surface area contributed by atoms with Crippen LogP contribution in [0.3, 0.4) is 0 Å². The van der Waals surface area contributed by atoms with E-state index in [1.54, 1.807) is 49.4 Å². The van der Waals surface area contributed by atoms with Crippen LogP contribution >= 0.6 is 31.9 Å². The van der Waals surface area contributed by atoms with E-state index < -0.39 is 23.5 Å². The minimum Gasteiger partial charge on any atom is -0.466 e. The van der Waals surface area contributed by atoms with E-state index in [0.29, 0.717) is 23.3 Å². The van der Waals surface area contributed by atoms with E-state index in [1.165, 1.54) is 0 Å². The van der Waals surface area contributed by atoms with Gasteiger partial charge in [0.1, 0.15) is 12.2 Å². The molecule has 0 fully saturated rings. The van der Waals surface area contributed by atoms with Gasteiger partial charge in [-0.1, -0.05) is 31.9 Å². The Morgan fingerprint density at radius 1 is 1.03 bits per heavy atom. The highest BCUT2D eigenvalue weighted by molar-refractivity contribution is 9.10. The molecule has 4 rings (SSSR count). The number of rotatable bonds is 3. The fraction of sp³-hybridized carbons (Fsp3) is 0.182.